The summed E-state index contributed by atoms with van der Waals surface area (Å²) in [7, 11) is 0. The van der Waals surface area contributed by atoms with E-state index in [-0.39, 0.29) is 0 Å². The smallest absolute Gasteiger partial charge is 0.115 e. The van der Waals surface area contributed by atoms with Gasteiger partial charge in [0.05, 0.1) is 6.54 Å². The van der Waals surface area contributed by atoms with Gasteiger partial charge >= 0.3 is 0 Å². The molecular formula is C14H18N2O. The summed E-state index contributed by atoms with van der Waals surface area (Å²) in [6, 6.07) is 7.45. The first kappa shape index (κ1) is 10.6. The first-order valence-electron chi connectivity index (χ1n) is 6.45. The molecule has 1 heterocycles. The maximum atomic E-state index is 9.33. The van der Waals surface area contributed by atoms with Crippen molar-refractivity contribution in [3.63, 3.8) is 0 Å². The molecule has 1 fully saturated rings. The molecule has 0 spiro atoms. The fourth-order valence-electron chi connectivity index (χ4n) is 2.89. The van der Waals surface area contributed by atoms with Gasteiger partial charge in [-0.25, -0.2) is 0 Å². The maximum absolute atomic E-state index is 9.33. The molecule has 0 radical (unpaired) electrons. The maximum Gasteiger partial charge on any atom is 0.115 e. The van der Waals surface area contributed by atoms with Crippen LogP contribution in [-0.2, 0) is 0 Å². The van der Waals surface area contributed by atoms with E-state index in [0.717, 1.165) is 18.8 Å². The number of anilines is 1. The molecule has 0 bridgehead atoms. The zero-order chi connectivity index (χ0) is 11.7. The van der Waals surface area contributed by atoms with Gasteiger partial charge < -0.3 is 10.0 Å². The molecule has 0 unspecified atom stereocenters. The lowest BCUT2D eigenvalue weighted by Gasteiger charge is -2.24. The van der Waals surface area contributed by atoms with Crippen LogP contribution >= 0.6 is 0 Å². The third kappa shape index (κ3) is 2.02. The first-order chi connectivity index (χ1) is 8.34. The zero-order valence-electron chi connectivity index (χ0n) is 9.97. The van der Waals surface area contributed by atoms with Gasteiger partial charge in [-0.2, -0.15) is 0 Å². The highest BCUT2D eigenvalue weighted by Crippen LogP contribution is 2.31. The number of benzene rings is 1. The minimum atomic E-state index is 0.326. The van der Waals surface area contributed by atoms with Crippen LogP contribution in [0.4, 0.5) is 5.69 Å². The SMILES string of the molecule is Oc1ccc(N2CCN=C2C2CCCC2)cc1. The largest absolute Gasteiger partial charge is 0.508 e. The number of aromatic hydroxyl groups is 1. The van der Waals surface area contributed by atoms with Gasteiger partial charge in [-0.15, -0.1) is 0 Å². The van der Waals surface area contributed by atoms with Gasteiger partial charge in [0.15, 0.2) is 0 Å². The highest BCUT2D eigenvalue weighted by atomic mass is 16.3. The number of hydrogen-bond donors (Lipinski definition) is 1. The van der Waals surface area contributed by atoms with Crippen molar-refractivity contribution in [3.8, 4) is 5.75 Å². The minimum absolute atomic E-state index is 0.326. The molecule has 1 aliphatic carbocycles. The number of amidine groups is 1. The lowest BCUT2D eigenvalue weighted by atomic mass is 10.1. The Hall–Kier alpha value is -1.51. The normalized spacial score (nSPS) is 20.9. The van der Waals surface area contributed by atoms with Gasteiger partial charge in [-0.3, -0.25) is 4.99 Å². The predicted molar refractivity (Wildman–Crippen MR) is 69.7 cm³/mol. The molecular weight excluding hydrogens is 212 g/mol. The van der Waals surface area contributed by atoms with E-state index in [1.54, 1.807) is 12.1 Å². The van der Waals surface area contributed by atoms with Crippen molar-refractivity contribution in [2.75, 3.05) is 18.0 Å². The highest BCUT2D eigenvalue weighted by Gasteiger charge is 2.28. The minimum Gasteiger partial charge on any atom is -0.508 e. The molecule has 1 N–H and O–H groups in total. The van der Waals surface area contributed by atoms with E-state index >= 15 is 0 Å². The second-order valence-corrected chi connectivity index (χ2v) is 4.89. The van der Waals surface area contributed by atoms with Crippen molar-refractivity contribution in [1.82, 2.24) is 0 Å². The Morgan fingerprint density at radius 2 is 1.82 bits per heavy atom. The average molecular weight is 230 g/mol. The molecule has 0 atom stereocenters. The van der Waals surface area contributed by atoms with Crippen LogP contribution in [-0.4, -0.2) is 24.0 Å². The molecule has 0 aromatic heterocycles. The third-order valence-electron chi connectivity index (χ3n) is 3.76. The molecule has 3 rings (SSSR count). The number of nitrogens with zero attached hydrogens (tertiary/aromatic N) is 2. The third-order valence-corrected chi connectivity index (χ3v) is 3.76. The van der Waals surface area contributed by atoms with Gasteiger partial charge in [0.1, 0.15) is 11.6 Å². The van der Waals surface area contributed by atoms with E-state index in [9.17, 15) is 5.11 Å². The highest BCUT2D eigenvalue weighted by molar-refractivity contribution is 6.01. The Labute approximate surface area is 102 Å². The van der Waals surface area contributed by atoms with Gasteiger partial charge in [-0.1, -0.05) is 12.8 Å². The Bertz CT molecular complexity index is 418. The van der Waals surface area contributed by atoms with Crippen LogP contribution in [0, 0.1) is 5.92 Å². The van der Waals surface area contributed by atoms with Gasteiger partial charge in [-0.05, 0) is 37.1 Å². The molecule has 17 heavy (non-hydrogen) atoms. The molecule has 90 valence electrons. The van der Waals surface area contributed by atoms with Crippen LogP contribution in [0.5, 0.6) is 5.75 Å². The summed E-state index contributed by atoms with van der Waals surface area (Å²) < 4.78 is 0. The number of phenolic OH excluding ortho intramolecular Hbond substituents is 1. The lowest BCUT2D eigenvalue weighted by molar-refractivity contribution is 0.475. The van der Waals surface area contributed by atoms with Crippen LogP contribution in [0.3, 0.4) is 0 Å². The van der Waals surface area contributed by atoms with Crippen molar-refractivity contribution < 1.29 is 5.11 Å². The predicted octanol–water partition coefficient (Wildman–Crippen LogP) is 2.80. The van der Waals surface area contributed by atoms with E-state index in [1.807, 2.05) is 12.1 Å². The monoisotopic (exact) mass is 230 g/mol. The van der Waals surface area contributed by atoms with Crippen LogP contribution in [0.1, 0.15) is 25.7 Å². The second kappa shape index (κ2) is 4.40. The van der Waals surface area contributed by atoms with E-state index in [2.05, 4.69) is 9.89 Å². The van der Waals surface area contributed by atoms with Gasteiger partial charge in [0, 0.05) is 18.2 Å². The molecule has 1 aromatic rings. The summed E-state index contributed by atoms with van der Waals surface area (Å²) in [5.74, 6) is 2.26. The van der Waals surface area contributed by atoms with Crippen LogP contribution < -0.4 is 4.90 Å². The number of rotatable bonds is 2. The molecule has 3 nitrogen and oxygen atoms in total. The van der Waals surface area contributed by atoms with Gasteiger partial charge in [0.2, 0.25) is 0 Å². The molecule has 1 aromatic carbocycles. The zero-order valence-corrected chi connectivity index (χ0v) is 9.97. The van der Waals surface area contributed by atoms with Crippen molar-refractivity contribution in [1.29, 1.82) is 0 Å². The van der Waals surface area contributed by atoms with E-state index in [4.69, 9.17) is 0 Å². The van der Waals surface area contributed by atoms with Crippen LogP contribution in [0.15, 0.2) is 29.3 Å². The van der Waals surface area contributed by atoms with Crippen molar-refractivity contribution in [3.05, 3.63) is 24.3 Å². The summed E-state index contributed by atoms with van der Waals surface area (Å²) in [5, 5.41) is 9.33. The Kier molecular flexibility index (Phi) is 2.75. The number of phenols is 1. The number of aliphatic imine (C=N–C) groups is 1. The Morgan fingerprint density at radius 1 is 1.12 bits per heavy atom. The summed E-state index contributed by atoms with van der Waals surface area (Å²) in [6.45, 7) is 1.89. The fraction of sp³-hybridized carbons (Fsp3) is 0.500. The quantitative estimate of drug-likeness (QED) is 0.848. The molecule has 0 saturated heterocycles. The second-order valence-electron chi connectivity index (χ2n) is 4.89. The molecule has 1 aliphatic heterocycles. The molecule has 2 aliphatic rings. The Balaban J connectivity index is 1.83. The summed E-state index contributed by atoms with van der Waals surface area (Å²) in [5.41, 5.74) is 1.16. The molecule has 1 saturated carbocycles. The first-order valence-corrected chi connectivity index (χ1v) is 6.45. The summed E-state index contributed by atoms with van der Waals surface area (Å²) in [4.78, 5) is 6.99. The average Bonchev–Trinajstić information content (AvgIpc) is 3.00. The van der Waals surface area contributed by atoms with Crippen LogP contribution in [0.25, 0.3) is 0 Å². The molecule has 3 heteroatoms. The van der Waals surface area contributed by atoms with E-state index < -0.39 is 0 Å². The summed E-state index contributed by atoms with van der Waals surface area (Å²) in [6.07, 6.45) is 5.25. The van der Waals surface area contributed by atoms with Crippen molar-refractivity contribution >= 4 is 11.5 Å². The van der Waals surface area contributed by atoms with Crippen molar-refractivity contribution in [2.24, 2.45) is 10.9 Å². The van der Waals surface area contributed by atoms with E-state index in [0.29, 0.717) is 11.7 Å². The fourth-order valence-corrected chi connectivity index (χ4v) is 2.89. The van der Waals surface area contributed by atoms with Crippen LogP contribution in [0.2, 0.25) is 0 Å². The Morgan fingerprint density at radius 3 is 2.53 bits per heavy atom. The topological polar surface area (TPSA) is 35.8 Å². The number of hydrogen-bond acceptors (Lipinski definition) is 3. The van der Waals surface area contributed by atoms with Crippen molar-refractivity contribution in [2.45, 2.75) is 25.7 Å². The standard InChI is InChI=1S/C14H18N2O/c17-13-7-5-12(6-8-13)16-10-9-15-14(16)11-3-1-2-4-11/h5-8,11,17H,1-4,9-10H2. The van der Waals surface area contributed by atoms with E-state index in [1.165, 1.54) is 31.5 Å². The van der Waals surface area contributed by atoms with Gasteiger partial charge in [0.25, 0.3) is 0 Å². The lowest BCUT2D eigenvalue weighted by Crippen LogP contribution is -2.32. The summed E-state index contributed by atoms with van der Waals surface area (Å²) >= 11 is 0. The molecule has 0 amide bonds.